The van der Waals surface area contributed by atoms with Crippen molar-refractivity contribution in [2.75, 3.05) is 33.9 Å². The lowest BCUT2D eigenvalue weighted by molar-refractivity contribution is -0.00461. The zero-order chi connectivity index (χ0) is 12.2. The summed E-state index contributed by atoms with van der Waals surface area (Å²) in [6, 6.07) is 0. The lowest BCUT2D eigenvalue weighted by Gasteiger charge is -2.21. The molecule has 2 unspecified atom stereocenters. The van der Waals surface area contributed by atoms with E-state index in [4.69, 9.17) is 15.2 Å². The second kappa shape index (κ2) is 5.96. The van der Waals surface area contributed by atoms with Crippen molar-refractivity contribution < 1.29 is 9.47 Å². The molecule has 0 radical (unpaired) electrons. The highest BCUT2D eigenvalue weighted by Gasteiger charge is 2.32. The number of nitrogens with two attached hydrogens (primary N) is 1. The average Bonchev–Trinajstić information content (AvgIpc) is 2.58. The quantitative estimate of drug-likeness (QED) is 0.735. The summed E-state index contributed by atoms with van der Waals surface area (Å²) in [6.07, 6.45) is 2.63. The van der Waals surface area contributed by atoms with E-state index in [1.54, 1.807) is 14.2 Å². The molecule has 0 aliphatic carbocycles. The third-order valence-electron chi connectivity index (χ3n) is 3.19. The monoisotopic (exact) mass is 230 g/mol. The highest BCUT2D eigenvalue weighted by Crippen LogP contribution is 2.17. The van der Waals surface area contributed by atoms with Gasteiger partial charge in [0.05, 0.1) is 12.2 Å². The zero-order valence-corrected chi connectivity index (χ0v) is 11.0. The molecular weight excluding hydrogens is 204 g/mol. The van der Waals surface area contributed by atoms with Crippen LogP contribution in [0.15, 0.2) is 0 Å². The zero-order valence-electron chi connectivity index (χ0n) is 11.0. The average molecular weight is 230 g/mol. The topological polar surface area (TPSA) is 47.7 Å². The summed E-state index contributed by atoms with van der Waals surface area (Å²) in [6.45, 7) is 7.18. The lowest BCUT2D eigenvalue weighted by atomic mass is 10.0. The molecule has 1 aliphatic heterocycles. The van der Waals surface area contributed by atoms with Crippen LogP contribution in [0.4, 0.5) is 0 Å². The van der Waals surface area contributed by atoms with Crippen LogP contribution in [0.25, 0.3) is 0 Å². The second-order valence-corrected chi connectivity index (χ2v) is 5.40. The number of nitrogens with zero attached hydrogens (tertiary/aromatic N) is 1. The van der Waals surface area contributed by atoms with Crippen molar-refractivity contribution in [1.82, 2.24) is 4.90 Å². The van der Waals surface area contributed by atoms with Gasteiger partial charge < -0.3 is 15.2 Å². The van der Waals surface area contributed by atoms with Gasteiger partial charge in [0.1, 0.15) is 0 Å². The Hall–Kier alpha value is -0.160. The molecule has 1 aliphatic rings. The minimum Gasteiger partial charge on any atom is -0.377 e. The molecule has 0 aromatic rings. The van der Waals surface area contributed by atoms with Gasteiger partial charge in [0.2, 0.25) is 0 Å². The number of hydrogen-bond donors (Lipinski definition) is 1. The molecule has 0 aromatic heterocycles. The Morgan fingerprint density at radius 1 is 1.19 bits per heavy atom. The highest BCUT2D eigenvalue weighted by molar-refractivity contribution is 4.86. The molecule has 0 saturated carbocycles. The third-order valence-corrected chi connectivity index (χ3v) is 3.19. The normalized spacial score (nSPS) is 27.6. The minimum atomic E-state index is -0.0545. The van der Waals surface area contributed by atoms with Gasteiger partial charge in [-0.3, -0.25) is 4.90 Å². The summed E-state index contributed by atoms with van der Waals surface area (Å²) in [5.41, 5.74) is 5.90. The van der Waals surface area contributed by atoms with E-state index in [2.05, 4.69) is 18.7 Å². The Morgan fingerprint density at radius 3 is 2.06 bits per heavy atom. The number of hydrogen-bond acceptors (Lipinski definition) is 4. The number of rotatable bonds is 6. The van der Waals surface area contributed by atoms with Crippen LogP contribution in [0, 0.1) is 0 Å². The van der Waals surface area contributed by atoms with Crippen molar-refractivity contribution in [2.45, 2.75) is 44.4 Å². The van der Waals surface area contributed by atoms with E-state index in [9.17, 15) is 0 Å². The maximum absolute atomic E-state index is 5.96. The molecule has 1 heterocycles. The number of likely N-dealkylation sites (tertiary alicyclic amines) is 1. The Labute approximate surface area is 99.1 Å². The first kappa shape index (κ1) is 13.9. The number of methoxy groups -OCH3 is 2. The molecule has 0 spiro atoms. The van der Waals surface area contributed by atoms with Gasteiger partial charge in [0.15, 0.2) is 0 Å². The summed E-state index contributed by atoms with van der Waals surface area (Å²) in [7, 11) is 3.51. The molecule has 1 fully saturated rings. The maximum Gasteiger partial charge on any atom is 0.0971 e. The Bertz CT molecular complexity index is 192. The third kappa shape index (κ3) is 4.37. The van der Waals surface area contributed by atoms with Crippen molar-refractivity contribution in [2.24, 2.45) is 5.73 Å². The van der Waals surface area contributed by atoms with E-state index < -0.39 is 0 Å². The fourth-order valence-corrected chi connectivity index (χ4v) is 2.21. The Kier molecular flexibility index (Phi) is 5.18. The van der Waals surface area contributed by atoms with Crippen molar-refractivity contribution in [3.8, 4) is 0 Å². The largest absolute Gasteiger partial charge is 0.377 e. The SMILES string of the molecule is COC1CN(CCCC(C)(C)N)CC1OC. The Balaban J connectivity index is 2.25. The number of ether oxygens (including phenoxy) is 2. The van der Waals surface area contributed by atoms with Crippen LogP contribution in [-0.2, 0) is 9.47 Å². The van der Waals surface area contributed by atoms with Crippen LogP contribution in [0.2, 0.25) is 0 Å². The van der Waals surface area contributed by atoms with Gasteiger partial charge in [-0.1, -0.05) is 0 Å². The van der Waals surface area contributed by atoms with Crippen molar-refractivity contribution in [3.05, 3.63) is 0 Å². The van der Waals surface area contributed by atoms with Crippen LogP contribution in [-0.4, -0.2) is 56.5 Å². The van der Waals surface area contributed by atoms with Gasteiger partial charge in [0.25, 0.3) is 0 Å². The maximum atomic E-state index is 5.96. The molecule has 1 saturated heterocycles. The summed E-state index contributed by atoms with van der Waals surface area (Å²) in [5, 5.41) is 0. The van der Waals surface area contributed by atoms with E-state index in [1.165, 1.54) is 0 Å². The molecule has 0 bridgehead atoms. The molecule has 0 amide bonds. The summed E-state index contributed by atoms with van der Waals surface area (Å²) < 4.78 is 10.8. The van der Waals surface area contributed by atoms with Crippen LogP contribution in [0.5, 0.6) is 0 Å². The first-order valence-electron chi connectivity index (χ1n) is 6.03. The van der Waals surface area contributed by atoms with Gasteiger partial charge in [-0.05, 0) is 33.2 Å². The van der Waals surface area contributed by atoms with Gasteiger partial charge in [-0.15, -0.1) is 0 Å². The van der Waals surface area contributed by atoms with E-state index in [-0.39, 0.29) is 17.7 Å². The molecule has 0 aromatic carbocycles. The van der Waals surface area contributed by atoms with Crippen molar-refractivity contribution in [1.29, 1.82) is 0 Å². The summed E-state index contributed by atoms with van der Waals surface area (Å²) >= 11 is 0. The van der Waals surface area contributed by atoms with Crippen LogP contribution < -0.4 is 5.73 Å². The summed E-state index contributed by atoms with van der Waals surface area (Å²) in [4.78, 5) is 2.40. The molecule has 1 rings (SSSR count). The predicted octanol–water partition coefficient (Wildman–Crippen LogP) is 0.850. The first-order valence-corrected chi connectivity index (χ1v) is 6.03. The van der Waals surface area contributed by atoms with Gasteiger partial charge in [0, 0.05) is 32.8 Å². The van der Waals surface area contributed by atoms with Crippen molar-refractivity contribution in [3.63, 3.8) is 0 Å². The molecule has 96 valence electrons. The van der Waals surface area contributed by atoms with Gasteiger partial charge in [-0.25, -0.2) is 0 Å². The van der Waals surface area contributed by atoms with Crippen LogP contribution in [0.1, 0.15) is 26.7 Å². The highest BCUT2D eigenvalue weighted by atomic mass is 16.5. The second-order valence-electron chi connectivity index (χ2n) is 5.40. The molecule has 4 nitrogen and oxygen atoms in total. The smallest absolute Gasteiger partial charge is 0.0971 e. The van der Waals surface area contributed by atoms with Gasteiger partial charge >= 0.3 is 0 Å². The predicted molar refractivity (Wildman–Crippen MR) is 65.5 cm³/mol. The van der Waals surface area contributed by atoms with Crippen molar-refractivity contribution >= 4 is 0 Å². The molecular formula is C12H26N2O2. The molecule has 16 heavy (non-hydrogen) atoms. The van der Waals surface area contributed by atoms with Crippen LogP contribution in [0.3, 0.4) is 0 Å². The van der Waals surface area contributed by atoms with E-state index in [0.717, 1.165) is 32.5 Å². The fraction of sp³-hybridized carbons (Fsp3) is 1.00. The van der Waals surface area contributed by atoms with E-state index in [0.29, 0.717) is 0 Å². The van der Waals surface area contributed by atoms with E-state index in [1.807, 2.05) is 0 Å². The first-order chi connectivity index (χ1) is 7.46. The minimum absolute atomic E-state index is 0.0545. The fourth-order valence-electron chi connectivity index (χ4n) is 2.21. The Morgan fingerprint density at radius 2 is 1.69 bits per heavy atom. The molecule has 2 N–H and O–H groups in total. The molecule has 4 heteroatoms. The summed E-state index contributed by atoms with van der Waals surface area (Å²) in [5.74, 6) is 0. The molecule has 2 atom stereocenters. The van der Waals surface area contributed by atoms with Crippen LogP contribution >= 0.6 is 0 Å². The van der Waals surface area contributed by atoms with E-state index >= 15 is 0 Å². The van der Waals surface area contributed by atoms with Gasteiger partial charge in [-0.2, -0.15) is 0 Å². The lowest BCUT2D eigenvalue weighted by Crippen LogP contribution is -2.33. The standard InChI is InChI=1S/C12H26N2O2/c1-12(2,13)6-5-7-14-8-10(15-3)11(9-14)16-4/h10-11H,5-9,13H2,1-4H3.